The van der Waals surface area contributed by atoms with Gasteiger partial charge in [0, 0.05) is 22.4 Å². The molecule has 5 nitrogen and oxygen atoms in total. The number of para-hydroxylation sites is 1. The summed E-state index contributed by atoms with van der Waals surface area (Å²) in [6, 6.07) is 14.5. The van der Waals surface area contributed by atoms with Crippen LogP contribution in [-0.2, 0) is 6.42 Å². The summed E-state index contributed by atoms with van der Waals surface area (Å²) in [6.45, 7) is 2.99. The maximum absolute atomic E-state index is 4.67. The van der Waals surface area contributed by atoms with E-state index >= 15 is 0 Å². The Bertz CT molecular complexity index is 912. The fourth-order valence-electron chi connectivity index (χ4n) is 3.05. The third-order valence-electron chi connectivity index (χ3n) is 4.36. The molecule has 1 aliphatic heterocycles. The van der Waals surface area contributed by atoms with Crippen molar-refractivity contribution in [1.82, 2.24) is 15.2 Å². The van der Waals surface area contributed by atoms with Crippen LogP contribution in [0.25, 0.3) is 0 Å². The van der Waals surface area contributed by atoms with Crippen LogP contribution in [0.3, 0.4) is 0 Å². The minimum absolute atomic E-state index is 0.497. The highest BCUT2D eigenvalue weighted by Crippen LogP contribution is 2.32. The molecule has 4 rings (SSSR count). The van der Waals surface area contributed by atoms with Gasteiger partial charge in [0.15, 0.2) is 5.82 Å². The first kappa shape index (κ1) is 16.0. The Hall–Kier alpha value is -2.47. The molecule has 0 spiro atoms. The van der Waals surface area contributed by atoms with Gasteiger partial charge in [0.1, 0.15) is 0 Å². The quantitative estimate of drug-likeness (QED) is 0.691. The van der Waals surface area contributed by atoms with Gasteiger partial charge in [0.05, 0.1) is 6.20 Å². The summed E-state index contributed by atoms with van der Waals surface area (Å²) in [4.78, 5) is 6.88. The lowest BCUT2D eigenvalue weighted by molar-refractivity contribution is 0.754. The number of hydrogen-bond acceptors (Lipinski definition) is 5. The number of benzene rings is 2. The standard InChI is InChI=1S/C19H18BrN5/c1-13-8-9-15(11-16(13)20)22-19-23-18(12-21-24-19)25-10-4-6-14-5-2-3-7-17(14)25/h2-3,5,7-9,11-12H,4,6,10H2,1H3,(H,22,23,24). The summed E-state index contributed by atoms with van der Waals surface area (Å²) in [7, 11) is 0. The minimum atomic E-state index is 0.497. The highest BCUT2D eigenvalue weighted by molar-refractivity contribution is 9.10. The first-order valence-corrected chi connectivity index (χ1v) is 9.08. The van der Waals surface area contributed by atoms with E-state index in [0.29, 0.717) is 5.95 Å². The Labute approximate surface area is 155 Å². The maximum Gasteiger partial charge on any atom is 0.249 e. The third-order valence-corrected chi connectivity index (χ3v) is 5.22. The molecule has 1 aromatic heterocycles. The van der Waals surface area contributed by atoms with Gasteiger partial charge in [-0.3, -0.25) is 0 Å². The second-order valence-electron chi connectivity index (χ2n) is 6.11. The second kappa shape index (κ2) is 6.80. The van der Waals surface area contributed by atoms with Gasteiger partial charge in [-0.15, -0.1) is 5.10 Å². The molecular formula is C19H18BrN5. The Morgan fingerprint density at radius 2 is 2.04 bits per heavy atom. The second-order valence-corrected chi connectivity index (χ2v) is 6.97. The predicted molar refractivity (Wildman–Crippen MR) is 104 cm³/mol. The molecule has 0 bridgehead atoms. The molecule has 1 N–H and O–H groups in total. The molecule has 126 valence electrons. The molecular weight excluding hydrogens is 378 g/mol. The van der Waals surface area contributed by atoms with Crippen molar-refractivity contribution in [2.45, 2.75) is 19.8 Å². The Morgan fingerprint density at radius 3 is 2.92 bits per heavy atom. The Balaban J connectivity index is 1.63. The van der Waals surface area contributed by atoms with E-state index < -0.39 is 0 Å². The minimum Gasteiger partial charge on any atom is -0.325 e. The van der Waals surface area contributed by atoms with Crippen LogP contribution in [-0.4, -0.2) is 21.7 Å². The maximum atomic E-state index is 4.67. The zero-order valence-corrected chi connectivity index (χ0v) is 15.5. The summed E-state index contributed by atoms with van der Waals surface area (Å²) in [6.07, 6.45) is 3.93. The normalized spacial score (nSPS) is 13.4. The van der Waals surface area contributed by atoms with Crippen molar-refractivity contribution in [1.29, 1.82) is 0 Å². The number of nitrogens with one attached hydrogen (secondary N) is 1. The van der Waals surface area contributed by atoms with Crippen LogP contribution in [0.5, 0.6) is 0 Å². The number of halogens is 1. The van der Waals surface area contributed by atoms with Crippen LogP contribution in [0, 0.1) is 6.92 Å². The average molecular weight is 396 g/mol. The lowest BCUT2D eigenvalue weighted by Crippen LogP contribution is -2.25. The van der Waals surface area contributed by atoms with Crippen LogP contribution in [0.4, 0.5) is 23.1 Å². The van der Waals surface area contributed by atoms with E-state index in [1.807, 2.05) is 18.2 Å². The molecule has 6 heteroatoms. The van der Waals surface area contributed by atoms with Crippen molar-refractivity contribution >= 4 is 39.1 Å². The lowest BCUT2D eigenvalue weighted by atomic mass is 10.0. The van der Waals surface area contributed by atoms with Gasteiger partial charge >= 0.3 is 0 Å². The lowest BCUT2D eigenvalue weighted by Gasteiger charge is -2.30. The Kier molecular flexibility index (Phi) is 4.36. The molecule has 2 heterocycles. The molecule has 2 aromatic carbocycles. The highest BCUT2D eigenvalue weighted by Gasteiger charge is 2.19. The summed E-state index contributed by atoms with van der Waals surface area (Å²) in [5, 5.41) is 11.5. The number of rotatable bonds is 3. The van der Waals surface area contributed by atoms with Crippen molar-refractivity contribution in [3.8, 4) is 0 Å². The van der Waals surface area contributed by atoms with E-state index in [4.69, 9.17) is 0 Å². The van der Waals surface area contributed by atoms with Crippen molar-refractivity contribution in [3.63, 3.8) is 0 Å². The van der Waals surface area contributed by atoms with Crippen molar-refractivity contribution < 1.29 is 0 Å². The molecule has 0 amide bonds. The highest BCUT2D eigenvalue weighted by atomic mass is 79.9. The van der Waals surface area contributed by atoms with Crippen molar-refractivity contribution in [2.75, 3.05) is 16.8 Å². The van der Waals surface area contributed by atoms with E-state index in [-0.39, 0.29) is 0 Å². The van der Waals surface area contributed by atoms with E-state index in [2.05, 4.69) is 72.5 Å². The first-order valence-electron chi connectivity index (χ1n) is 8.29. The van der Waals surface area contributed by atoms with Crippen molar-refractivity contribution in [3.05, 3.63) is 64.3 Å². The molecule has 0 aliphatic carbocycles. The third kappa shape index (κ3) is 3.35. The van der Waals surface area contributed by atoms with E-state index in [0.717, 1.165) is 35.4 Å². The molecule has 3 aromatic rings. The molecule has 0 fully saturated rings. The number of hydrogen-bond donors (Lipinski definition) is 1. The largest absolute Gasteiger partial charge is 0.325 e. The van der Waals surface area contributed by atoms with Crippen LogP contribution >= 0.6 is 15.9 Å². The van der Waals surface area contributed by atoms with Gasteiger partial charge in [-0.1, -0.05) is 40.2 Å². The number of aromatic nitrogens is 3. The van der Waals surface area contributed by atoms with Gasteiger partial charge in [0.2, 0.25) is 5.95 Å². The molecule has 0 saturated carbocycles. The summed E-state index contributed by atoms with van der Waals surface area (Å²) in [5.74, 6) is 1.31. The zero-order valence-electron chi connectivity index (χ0n) is 13.9. The Morgan fingerprint density at radius 1 is 1.16 bits per heavy atom. The predicted octanol–water partition coefficient (Wildman–Crippen LogP) is 4.77. The topological polar surface area (TPSA) is 53.9 Å². The van der Waals surface area contributed by atoms with Gasteiger partial charge in [-0.25, -0.2) is 0 Å². The molecule has 0 unspecified atom stereocenters. The van der Waals surface area contributed by atoms with Gasteiger partial charge in [-0.2, -0.15) is 10.1 Å². The molecule has 0 atom stereocenters. The van der Waals surface area contributed by atoms with Gasteiger partial charge in [0.25, 0.3) is 0 Å². The van der Waals surface area contributed by atoms with Gasteiger partial charge < -0.3 is 10.2 Å². The fourth-order valence-corrected chi connectivity index (χ4v) is 3.43. The van der Waals surface area contributed by atoms with Gasteiger partial charge in [-0.05, 0) is 49.1 Å². The number of fused-ring (bicyclic) bond motifs is 1. The van der Waals surface area contributed by atoms with Crippen LogP contribution in [0.2, 0.25) is 0 Å². The van der Waals surface area contributed by atoms with Crippen LogP contribution in [0.1, 0.15) is 17.5 Å². The van der Waals surface area contributed by atoms with Crippen LogP contribution < -0.4 is 10.2 Å². The van der Waals surface area contributed by atoms with E-state index in [1.165, 1.54) is 16.8 Å². The summed E-state index contributed by atoms with van der Waals surface area (Å²) >= 11 is 3.55. The SMILES string of the molecule is Cc1ccc(Nc2nncc(N3CCCc4ccccc43)n2)cc1Br. The molecule has 0 radical (unpaired) electrons. The average Bonchev–Trinajstić information content (AvgIpc) is 2.64. The molecule has 1 aliphatic rings. The zero-order chi connectivity index (χ0) is 17.2. The number of aryl methyl sites for hydroxylation is 2. The smallest absolute Gasteiger partial charge is 0.249 e. The molecule has 0 saturated heterocycles. The summed E-state index contributed by atoms with van der Waals surface area (Å²) < 4.78 is 1.05. The summed E-state index contributed by atoms with van der Waals surface area (Å²) in [5.41, 5.74) is 4.67. The first-order chi connectivity index (χ1) is 12.2. The molecule has 25 heavy (non-hydrogen) atoms. The van der Waals surface area contributed by atoms with E-state index in [9.17, 15) is 0 Å². The monoisotopic (exact) mass is 395 g/mol. The van der Waals surface area contributed by atoms with Crippen LogP contribution in [0.15, 0.2) is 53.1 Å². The van der Waals surface area contributed by atoms with E-state index in [1.54, 1.807) is 6.20 Å². The fraction of sp³-hybridized carbons (Fsp3) is 0.211. The number of anilines is 4. The number of nitrogens with zero attached hydrogens (tertiary/aromatic N) is 4. The van der Waals surface area contributed by atoms with Crippen molar-refractivity contribution in [2.24, 2.45) is 0 Å².